The third-order valence-corrected chi connectivity index (χ3v) is 3.59. The lowest BCUT2D eigenvalue weighted by molar-refractivity contribution is -0.0864. The molecule has 5 nitrogen and oxygen atoms in total. The van der Waals surface area contributed by atoms with E-state index in [4.69, 9.17) is 9.47 Å². The zero-order valence-electron chi connectivity index (χ0n) is 12.3. The molecule has 21 heavy (non-hydrogen) atoms. The summed E-state index contributed by atoms with van der Waals surface area (Å²) in [4.78, 5) is 4.43. The Labute approximate surface area is 124 Å². The fraction of sp³-hybridized carbons (Fsp3) is 0.438. The molecule has 1 aliphatic heterocycles. The zero-order valence-corrected chi connectivity index (χ0v) is 12.3. The standard InChI is InChI=1S/C16H21N3O2/c1-13-18-10-15(19(13)14-5-3-2-4-6-14)9-17-11-16-12-20-7-8-21-16/h2-6,10,16-17H,7-9,11-12H2,1H3. The molecule has 1 atom stereocenters. The number of rotatable bonds is 5. The predicted molar refractivity (Wildman–Crippen MR) is 80.6 cm³/mol. The van der Waals surface area contributed by atoms with Crippen molar-refractivity contribution in [2.75, 3.05) is 26.4 Å². The number of aryl methyl sites for hydroxylation is 1. The van der Waals surface area contributed by atoms with Gasteiger partial charge in [0.05, 0.1) is 37.8 Å². The summed E-state index contributed by atoms with van der Waals surface area (Å²) < 4.78 is 13.2. The van der Waals surface area contributed by atoms with Crippen LogP contribution in [0.4, 0.5) is 0 Å². The molecule has 0 aliphatic carbocycles. The van der Waals surface area contributed by atoms with Crippen LogP contribution >= 0.6 is 0 Å². The Morgan fingerprint density at radius 3 is 2.90 bits per heavy atom. The summed E-state index contributed by atoms with van der Waals surface area (Å²) in [6, 6.07) is 10.3. The van der Waals surface area contributed by atoms with Crippen molar-refractivity contribution in [3.05, 3.63) is 48.0 Å². The molecule has 112 valence electrons. The van der Waals surface area contributed by atoms with Crippen molar-refractivity contribution in [3.8, 4) is 5.69 Å². The number of hydrogen-bond acceptors (Lipinski definition) is 4. The van der Waals surface area contributed by atoms with Crippen LogP contribution in [-0.2, 0) is 16.0 Å². The Morgan fingerprint density at radius 2 is 2.14 bits per heavy atom. The highest BCUT2D eigenvalue weighted by Crippen LogP contribution is 2.14. The molecule has 0 bridgehead atoms. The molecule has 1 saturated heterocycles. The molecule has 0 radical (unpaired) electrons. The quantitative estimate of drug-likeness (QED) is 0.909. The van der Waals surface area contributed by atoms with Gasteiger partial charge in [-0.15, -0.1) is 0 Å². The molecule has 2 heterocycles. The molecule has 5 heteroatoms. The van der Waals surface area contributed by atoms with Gasteiger partial charge in [-0.25, -0.2) is 4.98 Å². The second-order valence-electron chi connectivity index (χ2n) is 5.17. The number of ether oxygens (including phenoxy) is 2. The van der Waals surface area contributed by atoms with Crippen LogP contribution in [0, 0.1) is 6.92 Å². The minimum absolute atomic E-state index is 0.146. The van der Waals surface area contributed by atoms with E-state index in [0.29, 0.717) is 19.8 Å². The van der Waals surface area contributed by atoms with Gasteiger partial charge in [0.15, 0.2) is 0 Å². The van der Waals surface area contributed by atoms with Gasteiger partial charge in [0, 0.05) is 18.8 Å². The number of nitrogens with zero attached hydrogens (tertiary/aromatic N) is 2. The first kappa shape index (κ1) is 14.3. The maximum Gasteiger partial charge on any atom is 0.110 e. The lowest BCUT2D eigenvalue weighted by atomic mass is 10.3. The van der Waals surface area contributed by atoms with Gasteiger partial charge >= 0.3 is 0 Å². The highest BCUT2D eigenvalue weighted by atomic mass is 16.6. The number of nitrogens with one attached hydrogen (secondary N) is 1. The van der Waals surface area contributed by atoms with E-state index in [9.17, 15) is 0 Å². The van der Waals surface area contributed by atoms with Crippen LogP contribution in [0.5, 0.6) is 0 Å². The second-order valence-corrected chi connectivity index (χ2v) is 5.17. The van der Waals surface area contributed by atoms with Crippen molar-refractivity contribution >= 4 is 0 Å². The van der Waals surface area contributed by atoms with Crippen LogP contribution in [0.15, 0.2) is 36.5 Å². The summed E-state index contributed by atoms with van der Waals surface area (Å²) in [5.74, 6) is 0.996. The van der Waals surface area contributed by atoms with Gasteiger partial charge in [0.2, 0.25) is 0 Å². The summed E-state index contributed by atoms with van der Waals surface area (Å²) in [7, 11) is 0. The van der Waals surface area contributed by atoms with E-state index in [2.05, 4.69) is 27.0 Å². The van der Waals surface area contributed by atoms with E-state index in [1.165, 1.54) is 0 Å². The first-order valence-electron chi connectivity index (χ1n) is 7.33. The van der Waals surface area contributed by atoms with Gasteiger partial charge in [-0.05, 0) is 19.1 Å². The summed E-state index contributed by atoms with van der Waals surface area (Å²) in [6.07, 6.45) is 2.07. The maximum absolute atomic E-state index is 5.63. The van der Waals surface area contributed by atoms with Crippen LogP contribution in [0.3, 0.4) is 0 Å². The van der Waals surface area contributed by atoms with E-state index in [1.54, 1.807) is 0 Å². The largest absolute Gasteiger partial charge is 0.376 e. The van der Waals surface area contributed by atoms with Crippen LogP contribution in [-0.4, -0.2) is 42.0 Å². The molecule has 0 amide bonds. The smallest absolute Gasteiger partial charge is 0.110 e. The highest BCUT2D eigenvalue weighted by Gasteiger charge is 2.14. The Kier molecular flexibility index (Phi) is 4.65. The third kappa shape index (κ3) is 3.50. The molecule has 1 aliphatic rings. The Bertz CT molecular complexity index is 562. The molecule has 1 N–H and O–H groups in total. The second kappa shape index (κ2) is 6.85. The summed E-state index contributed by atoms with van der Waals surface area (Å²) in [5.41, 5.74) is 2.29. The molecule has 1 aromatic heterocycles. The summed E-state index contributed by atoms with van der Waals surface area (Å²) in [6.45, 7) is 5.64. The average Bonchev–Trinajstić information content (AvgIpc) is 2.90. The Balaban J connectivity index is 1.63. The van der Waals surface area contributed by atoms with Gasteiger partial charge in [-0.3, -0.25) is 4.57 Å². The minimum Gasteiger partial charge on any atom is -0.376 e. The number of hydrogen-bond donors (Lipinski definition) is 1. The Hall–Kier alpha value is -1.69. The SMILES string of the molecule is Cc1ncc(CNCC2COCCO2)n1-c1ccccc1. The molecule has 3 rings (SSSR count). The lowest BCUT2D eigenvalue weighted by Gasteiger charge is -2.23. The normalized spacial score (nSPS) is 18.8. The molecule has 0 saturated carbocycles. The third-order valence-electron chi connectivity index (χ3n) is 3.59. The number of imidazole rings is 1. The lowest BCUT2D eigenvalue weighted by Crippen LogP contribution is -2.37. The van der Waals surface area contributed by atoms with E-state index in [-0.39, 0.29) is 6.10 Å². The molecular weight excluding hydrogens is 266 g/mol. The van der Waals surface area contributed by atoms with E-state index in [1.807, 2.05) is 31.3 Å². The first-order valence-corrected chi connectivity index (χ1v) is 7.33. The molecule has 1 fully saturated rings. The van der Waals surface area contributed by atoms with E-state index < -0.39 is 0 Å². The van der Waals surface area contributed by atoms with Crippen molar-refractivity contribution in [3.63, 3.8) is 0 Å². The fourth-order valence-corrected chi connectivity index (χ4v) is 2.56. The predicted octanol–water partition coefficient (Wildman–Crippen LogP) is 1.69. The number of benzene rings is 1. The van der Waals surface area contributed by atoms with Gasteiger partial charge in [0.1, 0.15) is 5.82 Å². The Morgan fingerprint density at radius 1 is 1.29 bits per heavy atom. The molecular formula is C16H21N3O2. The van der Waals surface area contributed by atoms with Crippen molar-refractivity contribution in [2.24, 2.45) is 0 Å². The fourth-order valence-electron chi connectivity index (χ4n) is 2.56. The van der Waals surface area contributed by atoms with Gasteiger partial charge < -0.3 is 14.8 Å². The molecule has 2 aromatic rings. The van der Waals surface area contributed by atoms with Crippen LogP contribution in [0.1, 0.15) is 11.5 Å². The average molecular weight is 287 g/mol. The van der Waals surface area contributed by atoms with Gasteiger partial charge in [0.25, 0.3) is 0 Å². The molecule has 0 spiro atoms. The monoisotopic (exact) mass is 287 g/mol. The topological polar surface area (TPSA) is 48.3 Å². The van der Waals surface area contributed by atoms with Crippen LogP contribution < -0.4 is 5.32 Å². The summed E-state index contributed by atoms with van der Waals surface area (Å²) in [5, 5.41) is 3.43. The van der Waals surface area contributed by atoms with Crippen molar-refractivity contribution in [1.29, 1.82) is 0 Å². The van der Waals surface area contributed by atoms with E-state index >= 15 is 0 Å². The van der Waals surface area contributed by atoms with Crippen LogP contribution in [0.25, 0.3) is 5.69 Å². The summed E-state index contributed by atoms with van der Waals surface area (Å²) >= 11 is 0. The highest BCUT2D eigenvalue weighted by molar-refractivity contribution is 5.35. The zero-order chi connectivity index (χ0) is 14.5. The van der Waals surface area contributed by atoms with E-state index in [0.717, 1.165) is 30.3 Å². The molecule has 1 unspecified atom stereocenters. The van der Waals surface area contributed by atoms with Crippen molar-refractivity contribution < 1.29 is 9.47 Å². The van der Waals surface area contributed by atoms with Gasteiger partial charge in [-0.1, -0.05) is 18.2 Å². The first-order chi connectivity index (χ1) is 10.3. The number of para-hydroxylation sites is 1. The number of aromatic nitrogens is 2. The maximum atomic E-state index is 5.63. The molecule has 1 aromatic carbocycles. The van der Waals surface area contributed by atoms with Gasteiger partial charge in [-0.2, -0.15) is 0 Å². The minimum atomic E-state index is 0.146. The van der Waals surface area contributed by atoms with Crippen molar-refractivity contribution in [1.82, 2.24) is 14.9 Å². The van der Waals surface area contributed by atoms with Crippen molar-refractivity contribution in [2.45, 2.75) is 19.6 Å². The van der Waals surface area contributed by atoms with Crippen LogP contribution in [0.2, 0.25) is 0 Å².